The lowest BCUT2D eigenvalue weighted by Gasteiger charge is -2.35. The zero-order chi connectivity index (χ0) is 21.7. The van der Waals surface area contributed by atoms with Crippen molar-refractivity contribution in [3.8, 4) is 0 Å². The van der Waals surface area contributed by atoms with Crippen LogP contribution in [0.5, 0.6) is 0 Å². The number of amides is 1. The molecule has 1 aliphatic heterocycles. The summed E-state index contributed by atoms with van der Waals surface area (Å²) in [5.41, 5.74) is 2.18. The summed E-state index contributed by atoms with van der Waals surface area (Å²) in [4.78, 5) is 17.5. The van der Waals surface area contributed by atoms with Crippen molar-refractivity contribution in [2.75, 3.05) is 30.5 Å². The standard InChI is InChI=1S/C24H38N2O3S/c1-4-5-6-19-7-11-21(12-8-19)24(27)26(23-15-16-30(28,29)18-23)17-20-9-13-22(14-10-20)25(2)3/h9-10,13-14,19,21,23H,4-8,11-12,15-18H2,1-3H3/t19?,21?,23-/m0/s1. The largest absolute Gasteiger partial charge is 0.378 e. The highest BCUT2D eigenvalue weighted by atomic mass is 32.2. The van der Waals surface area contributed by atoms with Crippen molar-refractivity contribution in [1.82, 2.24) is 4.90 Å². The van der Waals surface area contributed by atoms with Crippen LogP contribution in [0.15, 0.2) is 24.3 Å². The Kier molecular flexibility index (Phi) is 7.83. The third kappa shape index (κ3) is 5.99. The number of hydrogen-bond acceptors (Lipinski definition) is 4. The zero-order valence-electron chi connectivity index (χ0n) is 18.8. The van der Waals surface area contributed by atoms with E-state index in [0.29, 0.717) is 13.0 Å². The molecule has 0 radical (unpaired) electrons. The van der Waals surface area contributed by atoms with E-state index in [2.05, 4.69) is 31.2 Å². The second kappa shape index (κ2) is 10.2. The molecule has 0 spiro atoms. The zero-order valence-corrected chi connectivity index (χ0v) is 19.7. The minimum atomic E-state index is -3.03. The van der Waals surface area contributed by atoms with Gasteiger partial charge in [-0.3, -0.25) is 4.79 Å². The van der Waals surface area contributed by atoms with Crippen molar-refractivity contribution in [3.05, 3.63) is 29.8 Å². The minimum Gasteiger partial charge on any atom is -0.378 e. The Morgan fingerprint density at radius 3 is 2.23 bits per heavy atom. The van der Waals surface area contributed by atoms with Crippen molar-refractivity contribution in [2.45, 2.75) is 70.9 Å². The first-order valence-electron chi connectivity index (χ1n) is 11.6. The molecule has 5 nitrogen and oxygen atoms in total. The van der Waals surface area contributed by atoms with Gasteiger partial charge < -0.3 is 9.80 Å². The molecule has 1 saturated heterocycles. The van der Waals surface area contributed by atoms with Gasteiger partial charge in [0.2, 0.25) is 5.91 Å². The van der Waals surface area contributed by atoms with E-state index < -0.39 is 9.84 Å². The Bertz CT molecular complexity index is 796. The van der Waals surface area contributed by atoms with Gasteiger partial charge in [0, 0.05) is 38.3 Å². The number of carbonyl (C=O) groups is 1. The number of unbranched alkanes of at least 4 members (excludes halogenated alkanes) is 1. The lowest BCUT2D eigenvalue weighted by Crippen LogP contribution is -2.44. The van der Waals surface area contributed by atoms with Gasteiger partial charge in [-0.05, 0) is 55.7 Å². The average molecular weight is 435 g/mol. The van der Waals surface area contributed by atoms with Crippen LogP contribution in [0.1, 0.15) is 63.9 Å². The van der Waals surface area contributed by atoms with Crippen molar-refractivity contribution in [1.29, 1.82) is 0 Å². The molecule has 1 aliphatic carbocycles. The molecule has 1 atom stereocenters. The van der Waals surface area contributed by atoms with Crippen LogP contribution in [0.2, 0.25) is 0 Å². The van der Waals surface area contributed by atoms with E-state index in [0.717, 1.165) is 42.9 Å². The number of carbonyl (C=O) groups excluding carboxylic acids is 1. The summed E-state index contributed by atoms with van der Waals surface area (Å²) in [5, 5.41) is 0. The second-order valence-corrected chi connectivity index (χ2v) is 11.7. The van der Waals surface area contributed by atoms with Crippen molar-refractivity contribution >= 4 is 21.4 Å². The fraction of sp³-hybridized carbons (Fsp3) is 0.708. The summed E-state index contributed by atoms with van der Waals surface area (Å²) in [6, 6.07) is 8.04. The maximum atomic E-state index is 13.5. The Labute approximate surface area is 182 Å². The highest BCUT2D eigenvalue weighted by Gasteiger charge is 2.38. The molecule has 2 fully saturated rings. The number of rotatable bonds is 8. The number of anilines is 1. The molecule has 30 heavy (non-hydrogen) atoms. The Morgan fingerprint density at radius 1 is 1.03 bits per heavy atom. The van der Waals surface area contributed by atoms with Gasteiger partial charge in [0.05, 0.1) is 11.5 Å². The number of nitrogens with zero attached hydrogens (tertiary/aromatic N) is 2. The van der Waals surface area contributed by atoms with E-state index in [1.807, 2.05) is 23.9 Å². The summed E-state index contributed by atoms with van der Waals surface area (Å²) in [5.74, 6) is 1.29. The van der Waals surface area contributed by atoms with Gasteiger partial charge in [-0.1, -0.05) is 38.3 Å². The van der Waals surface area contributed by atoms with E-state index in [1.54, 1.807) is 0 Å². The van der Waals surface area contributed by atoms with Crippen LogP contribution < -0.4 is 4.90 Å². The van der Waals surface area contributed by atoms with Gasteiger partial charge >= 0.3 is 0 Å². The lowest BCUT2D eigenvalue weighted by atomic mass is 9.79. The van der Waals surface area contributed by atoms with Gasteiger partial charge in [0.15, 0.2) is 9.84 Å². The molecule has 0 unspecified atom stereocenters. The van der Waals surface area contributed by atoms with Crippen LogP contribution in [0.3, 0.4) is 0 Å². The third-order valence-electron chi connectivity index (χ3n) is 6.90. The van der Waals surface area contributed by atoms with Crippen molar-refractivity contribution < 1.29 is 13.2 Å². The van der Waals surface area contributed by atoms with E-state index in [-0.39, 0.29) is 29.4 Å². The van der Waals surface area contributed by atoms with Gasteiger partial charge in [-0.25, -0.2) is 8.42 Å². The van der Waals surface area contributed by atoms with Crippen LogP contribution in [-0.4, -0.2) is 50.9 Å². The molecule has 3 rings (SSSR count). The van der Waals surface area contributed by atoms with Gasteiger partial charge in [0.1, 0.15) is 0 Å². The predicted molar refractivity (Wildman–Crippen MR) is 123 cm³/mol. The SMILES string of the molecule is CCCCC1CCC(C(=O)N(Cc2ccc(N(C)C)cc2)[C@H]2CCS(=O)(=O)C2)CC1. The summed E-state index contributed by atoms with van der Waals surface area (Å²) in [6.07, 6.45) is 8.50. The first-order chi connectivity index (χ1) is 14.3. The van der Waals surface area contributed by atoms with Gasteiger partial charge in [-0.2, -0.15) is 0 Å². The summed E-state index contributed by atoms with van der Waals surface area (Å²) < 4.78 is 24.2. The highest BCUT2D eigenvalue weighted by Crippen LogP contribution is 2.34. The van der Waals surface area contributed by atoms with Crippen molar-refractivity contribution in [2.24, 2.45) is 11.8 Å². The van der Waals surface area contributed by atoms with Crippen LogP contribution in [0, 0.1) is 11.8 Å². The third-order valence-corrected chi connectivity index (χ3v) is 8.65. The van der Waals surface area contributed by atoms with Crippen LogP contribution in [0.25, 0.3) is 0 Å². The van der Waals surface area contributed by atoms with Gasteiger partial charge in [-0.15, -0.1) is 0 Å². The quantitative estimate of drug-likeness (QED) is 0.613. The van der Waals surface area contributed by atoms with Crippen LogP contribution in [0.4, 0.5) is 5.69 Å². The van der Waals surface area contributed by atoms with Crippen LogP contribution in [-0.2, 0) is 21.2 Å². The molecular formula is C24H38N2O3S. The van der Waals surface area contributed by atoms with E-state index in [4.69, 9.17) is 0 Å². The summed E-state index contributed by atoms with van der Waals surface area (Å²) >= 11 is 0. The first-order valence-corrected chi connectivity index (χ1v) is 13.4. The van der Waals surface area contributed by atoms with E-state index >= 15 is 0 Å². The Hall–Kier alpha value is -1.56. The molecule has 0 bridgehead atoms. The Morgan fingerprint density at radius 2 is 1.70 bits per heavy atom. The highest BCUT2D eigenvalue weighted by molar-refractivity contribution is 7.91. The summed E-state index contributed by atoms with van der Waals surface area (Å²) in [6.45, 7) is 2.73. The van der Waals surface area contributed by atoms with E-state index in [1.165, 1.54) is 19.3 Å². The molecule has 0 N–H and O–H groups in total. The Balaban J connectivity index is 1.70. The smallest absolute Gasteiger partial charge is 0.226 e. The molecule has 1 aromatic carbocycles. The molecule has 6 heteroatoms. The topological polar surface area (TPSA) is 57.7 Å². The molecule has 1 saturated carbocycles. The number of sulfone groups is 1. The number of hydrogen-bond donors (Lipinski definition) is 0. The maximum Gasteiger partial charge on any atom is 0.226 e. The maximum absolute atomic E-state index is 13.5. The normalized spacial score (nSPS) is 25.8. The fourth-order valence-corrected chi connectivity index (χ4v) is 6.66. The molecular weight excluding hydrogens is 396 g/mol. The molecule has 2 aliphatic rings. The number of benzene rings is 1. The van der Waals surface area contributed by atoms with E-state index in [9.17, 15) is 13.2 Å². The fourth-order valence-electron chi connectivity index (χ4n) is 4.93. The summed E-state index contributed by atoms with van der Waals surface area (Å²) in [7, 11) is 0.975. The minimum absolute atomic E-state index is 0.0484. The molecule has 1 aromatic rings. The first kappa shape index (κ1) is 23.1. The van der Waals surface area contributed by atoms with Crippen LogP contribution >= 0.6 is 0 Å². The molecule has 1 heterocycles. The lowest BCUT2D eigenvalue weighted by molar-refractivity contribution is -0.139. The molecule has 168 valence electrons. The monoisotopic (exact) mass is 434 g/mol. The van der Waals surface area contributed by atoms with Gasteiger partial charge in [0.25, 0.3) is 0 Å². The van der Waals surface area contributed by atoms with Crippen molar-refractivity contribution in [3.63, 3.8) is 0 Å². The molecule has 0 aromatic heterocycles. The second-order valence-electron chi connectivity index (χ2n) is 9.44. The average Bonchev–Trinajstić information content (AvgIpc) is 3.10. The molecule has 1 amide bonds. The predicted octanol–water partition coefficient (Wildman–Crippen LogP) is 4.26.